The number of hydrogen-bond acceptors (Lipinski definition) is 2. The molecule has 1 rings (SSSR count). The minimum atomic E-state index is -0.436. The fourth-order valence-corrected chi connectivity index (χ4v) is 1.54. The number of nitrogens with zero attached hydrogens (tertiary/aromatic N) is 1. The number of hydrogen-bond donors (Lipinski definition) is 1. The topological polar surface area (TPSA) is 52.9 Å². The van der Waals surface area contributed by atoms with Crippen molar-refractivity contribution in [1.29, 1.82) is 5.26 Å². The normalized spacial score (nSPS) is 9.21. The van der Waals surface area contributed by atoms with E-state index in [9.17, 15) is 9.18 Å². The van der Waals surface area contributed by atoms with E-state index in [0.29, 0.717) is 9.26 Å². The molecule has 3 nitrogen and oxygen atoms in total. The predicted octanol–water partition coefficient (Wildman–Crippen LogP) is 2.28. The third-order valence-electron chi connectivity index (χ3n) is 1.39. The van der Waals surface area contributed by atoms with E-state index in [1.54, 1.807) is 12.1 Å². The van der Waals surface area contributed by atoms with E-state index in [-0.39, 0.29) is 6.42 Å². The number of rotatable bonds is 2. The Balaban J connectivity index is 2.77. The van der Waals surface area contributed by atoms with Crippen molar-refractivity contribution < 1.29 is 9.18 Å². The van der Waals surface area contributed by atoms with Crippen LogP contribution in [0, 0.1) is 20.7 Å². The molecule has 0 saturated heterocycles. The van der Waals surface area contributed by atoms with Gasteiger partial charge >= 0.3 is 0 Å². The van der Waals surface area contributed by atoms with Gasteiger partial charge in [0.25, 0.3) is 0 Å². The van der Waals surface area contributed by atoms with Gasteiger partial charge in [-0.15, -0.1) is 0 Å². The number of anilines is 1. The van der Waals surface area contributed by atoms with Gasteiger partial charge < -0.3 is 5.32 Å². The highest BCUT2D eigenvalue weighted by Crippen LogP contribution is 2.15. The first-order valence-corrected chi connectivity index (χ1v) is 4.82. The Labute approximate surface area is 94.1 Å². The second-order valence-corrected chi connectivity index (χ2v) is 3.79. The summed E-state index contributed by atoms with van der Waals surface area (Å²) in [6.07, 6.45) is -0.229. The summed E-state index contributed by atoms with van der Waals surface area (Å²) in [5.41, 5.74) is 0.370. The molecule has 14 heavy (non-hydrogen) atoms. The monoisotopic (exact) mass is 304 g/mol. The lowest BCUT2D eigenvalue weighted by Crippen LogP contribution is -2.10. The summed E-state index contributed by atoms with van der Waals surface area (Å²) >= 11 is 1.94. The molecule has 0 atom stereocenters. The molecule has 0 spiro atoms. The van der Waals surface area contributed by atoms with E-state index in [2.05, 4.69) is 5.32 Å². The summed E-state index contributed by atoms with van der Waals surface area (Å²) in [6, 6.07) is 5.89. The first-order valence-electron chi connectivity index (χ1n) is 3.74. The summed E-state index contributed by atoms with van der Waals surface area (Å²) in [6.45, 7) is 0. The Morgan fingerprint density at radius 3 is 2.86 bits per heavy atom. The molecule has 0 aromatic heterocycles. The van der Waals surface area contributed by atoms with Crippen LogP contribution < -0.4 is 5.32 Å². The number of carbonyl (C=O) groups is 1. The van der Waals surface area contributed by atoms with E-state index in [1.165, 1.54) is 12.1 Å². The highest BCUT2D eigenvalue weighted by atomic mass is 127. The van der Waals surface area contributed by atoms with Crippen LogP contribution in [0.1, 0.15) is 6.42 Å². The lowest BCUT2D eigenvalue weighted by molar-refractivity contribution is -0.115. The second kappa shape index (κ2) is 4.91. The highest BCUT2D eigenvalue weighted by molar-refractivity contribution is 14.1. The van der Waals surface area contributed by atoms with Crippen molar-refractivity contribution in [3.8, 4) is 6.07 Å². The molecule has 0 aliphatic carbocycles. The van der Waals surface area contributed by atoms with E-state index >= 15 is 0 Å². The number of halogens is 2. The van der Waals surface area contributed by atoms with Crippen LogP contribution in [0.15, 0.2) is 18.2 Å². The summed E-state index contributed by atoms with van der Waals surface area (Å²) in [5.74, 6) is -0.849. The Hall–Kier alpha value is -1.16. The lowest BCUT2D eigenvalue weighted by atomic mass is 10.3. The molecule has 5 heteroatoms. The average Bonchev–Trinajstić information content (AvgIpc) is 2.01. The van der Waals surface area contributed by atoms with Crippen LogP contribution in [0.4, 0.5) is 10.1 Å². The minimum Gasteiger partial charge on any atom is -0.325 e. The number of nitriles is 1. The predicted molar refractivity (Wildman–Crippen MR) is 58.0 cm³/mol. The third kappa shape index (κ3) is 3.30. The van der Waals surface area contributed by atoms with E-state index in [1.807, 2.05) is 22.6 Å². The van der Waals surface area contributed by atoms with Crippen LogP contribution in [-0.2, 0) is 4.79 Å². The standard InChI is InChI=1S/C9H6FIN2O/c10-6-3-7(11)5-8(4-6)13-9(14)1-2-12/h3-5H,1H2,(H,13,14). The van der Waals surface area contributed by atoms with Crippen molar-refractivity contribution in [3.05, 3.63) is 27.6 Å². The van der Waals surface area contributed by atoms with Gasteiger partial charge in [0.15, 0.2) is 0 Å². The van der Waals surface area contributed by atoms with Crippen molar-refractivity contribution in [1.82, 2.24) is 0 Å². The molecule has 72 valence electrons. The highest BCUT2D eigenvalue weighted by Gasteiger charge is 2.03. The van der Waals surface area contributed by atoms with Gasteiger partial charge in [-0.3, -0.25) is 4.79 Å². The van der Waals surface area contributed by atoms with Gasteiger partial charge in [-0.1, -0.05) is 0 Å². The zero-order valence-corrected chi connectivity index (χ0v) is 9.21. The maximum Gasteiger partial charge on any atom is 0.238 e. The molecule has 0 fully saturated rings. The molecular weight excluding hydrogens is 298 g/mol. The van der Waals surface area contributed by atoms with Gasteiger partial charge in [-0.25, -0.2) is 4.39 Å². The molecule has 1 aromatic rings. The molecule has 0 bridgehead atoms. The molecule has 0 heterocycles. The third-order valence-corrected chi connectivity index (χ3v) is 2.01. The molecule has 1 aromatic carbocycles. The van der Waals surface area contributed by atoms with E-state index in [4.69, 9.17) is 5.26 Å². The summed E-state index contributed by atoms with van der Waals surface area (Å²) < 4.78 is 13.5. The first-order chi connectivity index (χ1) is 6.61. The fourth-order valence-electron chi connectivity index (χ4n) is 0.903. The smallest absolute Gasteiger partial charge is 0.238 e. The molecular formula is C9H6FIN2O. The maximum atomic E-state index is 12.8. The van der Waals surface area contributed by atoms with E-state index < -0.39 is 11.7 Å². The van der Waals surface area contributed by atoms with Gasteiger partial charge in [-0.05, 0) is 40.8 Å². The zero-order chi connectivity index (χ0) is 10.6. The van der Waals surface area contributed by atoms with Gasteiger partial charge in [0, 0.05) is 9.26 Å². The van der Waals surface area contributed by atoms with Crippen LogP contribution in [0.2, 0.25) is 0 Å². The SMILES string of the molecule is N#CCC(=O)Nc1cc(F)cc(I)c1. The van der Waals surface area contributed by atoms with E-state index in [0.717, 1.165) is 0 Å². The number of benzene rings is 1. The average molecular weight is 304 g/mol. The molecule has 1 amide bonds. The van der Waals surface area contributed by atoms with Crippen molar-refractivity contribution in [2.24, 2.45) is 0 Å². The Bertz CT molecular complexity index is 380. The minimum absolute atomic E-state index is 0.229. The number of carbonyl (C=O) groups excluding carboxylic acids is 1. The fraction of sp³-hybridized carbons (Fsp3) is 0.111. The number of nitrogens with one attached hydrogen (secondary N) is 1. The largest absolute Gasteiger partial charge is 0.325 e. The van der Waals surface area contributed by atoms with Crippen molar-refractivity contribution in [2.45, 2.75) is 6.42 Å². The lowest BCUT2D eigenvalue weighted by Gasteiger charge is -2.03. The van der Waals surface area contributed by atoms with Crippen LogP contribution in [0.5, 0.6) is 0 Å². The van der Waals surface area contributed by atoms with Crippen molar-refractivity contribution in [3.63, 3.8) is 0 Å². The van der Waals surface area contributed by atoms with Gasteiger partial charge in [0.2, 0.25) is 5.91 Å². The summed E-state index contributed by atoms with van der Waals surface area (Å²) in [7, 11) is 0. The molecule has 1 N–H and O–H groups in total. The number of amides is 1. The van der Waals surface area contributed by atoms with Crippen LogP contribution in [-0.4, -0.2) is 5.91 Å². The van der Waals surface area contributed by atoms with Gasteiger partial charge in [0.05, 0.1) is 6.07 Å². The maximum absolute atomic E-state index is 12.8. The molecule has 0 radical (unpaired) electrons. The van der Waals surface area contributed by atoms with Crippen LogP contribution in [0.25, 0.3) is 0 Å². The Morgan fingerprint density at radius 1 is 1.57 bits per heavy atom. The Morgan fingerprint density at radius 2 is 2.29 bits per heavy atom. The van der Waals surface area contributed by atoms with Gasteiger partial charge in [-0.2, -0.15) is 5.26 Å². The van der Waals surface area contributed by atoms with Crippen molar-refractivity contribution >= 4 is 34.2 Å². The van der Waals surface area contributed by atoms with Gasteiger partial charge in [0.1, 0.15) is 12.2 Å². The second-order valence-electron chi connectivity index (χ2n) is 2.54. The van der Waals surface area contributed by atoms with Crippen LogP contribution in [0.3, 0.4) is 0 Å². The molecule has 0 aliphatic rings. The van der Waals surface area contributed by atoms with Crippen LogP contribution >= 0.6 is 22.6 Å². The first kappa shape index (κ1) is 10.9. The summed E-state index contributed by atoms with van der Waals surface area (Å²) in [4.78, 5) is 11.0. The Kier molecular flexibility index (Phi) is 3.83. The molecule has 0 aliphatic heterocycles. The molecule has 0 saturated carbocycles. The zero-order valence-electron chi connectivity index (χ0n) is 7.05. The quantitative estimate of drug-likeness (QED) is 0.852. The summed E-state index contributed by atoms with van der Waals surface area (Å²) in [5, 5.41) is 10.7. The van der Waals surface area contributed by atoms with Crippen molar-refractivity contribution in [2.75, 3.05) is 5.32 Å². The molecule has 0 unspecified atom stereocenters.